The fraction of sp³-hybridized carbons (Fsp3) is 0.355. The van der Waals surface area contributed by atoms with Crippen molar-refractivity contribution in [3.63, 3.8) is 0 Å². The smallest absolute Gasteiger partial charge is 0.245 e. The molecule has 7 rings (SSSR count). The maximum atomic E-state index is 11.9. The van der Waals surface area contributed by atoms with Crippen molar-refractivity contribution in [3.8, 4) is 17.1 Å². The van der Waals surface area contributed by atoms with E-state index in [1.807, 2.05) is 23.2 Å². The molecule has 1 amide bonds. The van der Waals surface area contributed by atoms with E-state index < -0.39 is 0 Å². The zero-order chi connectivity index (χ0) is 26.5. The van der Waals surface area contributed by atoms with Gasteiger partial charge in [-0.05, 0) is 97.5 Å². The summed E-state index contributed by atoms with van der Waals surface area (Å²) in [5.41, 5.74) is 13.9. The predicted octanol–water partition coefficient (Wildman–Crippen LogP) is 4.70. The van der Waals surface area contributed by atoms with Crippen molar-refractivity contribution in [3.05, 3.63) is 78.1 Å². The maximum Gasteiger partial charge on any atom is 0.245 e. The van der Waals surface area contributed by atoms with E-state index >= 15 is 0 Å². The van der Waals surface area contributed by atoms with Crippen LogP contribution in [0, 0.1) is 0 Å². The summed E-state index contributed by atoms with van der Waals surface area (Å²) in [6, 6.07) is 13.5. The third kappa shape index (κ3) is 4.38. The van der Waals surface area contributed by atoms with Crippen molar-refractivity contribution in [2.24, 2.45) is 0 Å². The molecule has 0 radical (unpaired) electrons. The summed E-state index contributed by atoms with van der Waals surface area (Å²) in [5, 5.41) is 3.88. The summed E-state index contributed by atoms with van der Waals surface area (Å²) >= 11 is 0. The van der Waals surface area contributed by atoms with Gasteiger partial charge in [0.05, 0.1) is 5.56 Å². The molecule has 39 heavy (non-hydrogen) atoms. The second-order valence-corrected chi connectivity index (χ2v) is 11.0. The molecular formula is C31H33N7O. The molecule has 4 heterocycles. The zero-order valence-corrected chi connectivity index (χ0v) is 22.0. The van der Waals surface area contributed by atoms with Gasteiger partial charge in [0.2, 0.25) is 5.91 Å². The molecule has 1 aliphatic heterocycles. The van der Waals surface area contributed by atoms with Crippen molar-refractivity contribution >= 4 is 22.9 Å². The van der Waals surface area contributed by atoms with Crippen LogP contribution in [-0.2, 0) is 11.2 Å². The second-order valence-electron chi connectivity index (χ2n) is 11.0. The van der Waals surface area contributed by atoms with Gasteiger partial charge in [-0.15, -0.1) is 0 Å². The van der Waals surface area contributed by atoms with Gasteiger partial charge in [0.25, 0.3) is 0 Å². The van der Waals surface area contributed by atoms with Gasteiger partial charge in [-0.25, -0.2) is 15.0 Å². The highest BCUT2D eigenvalue weighted by Gasteiger charge is 2.29. The largest absolute Gasteiger partial charge is 0.383 e. The van der Waals surface area contributed by atoms with Crippen LogP contribution in [0.3, 0.4) is 0 Å². The van der Waals surface area contributed by atoms with E-state index in [0.29, 0.717) is 23.8 Å². The van der Waals surface area contributed by atoms with Crippen molar-refractivity contribution in [1.29, 1.82) is 0 Å². The van der Waals surface area contributed by atoms with E-state index in [1.54, 1.807) is 6.20 Å². The first-order valence-corrected chi connectivity index (χ1v) is 14.0. The monoisotopic (exact) mass is 519 g/mol. The number of carbonyl (C=O) groups is 1. The average molecular weight is 520 g/mol. The number of aryl methyl sites for hydroxylation is 1. The Morgan fingerprint density at radius 3 is 2.69 bits per heavy atom. The molecule has 3 aliphatic rings. The minimum absolute atomic E-state index is 0.0323. The summed E-state index contributed by atoms with van der Waals surface area (Å²) in [4.78, 5) is 28.1. The maximum absolute atomic E-state index is 11.9. The molecule has 8 heteroatoms. The molecule has 0 unspecified atom stereocenters. The zero-order valence-electron chi connectivity index (χ0n) is 22.0. The third-order valence-corrected chi connectivity index (χ3v) is 8.53. The lowest BCUT2D eigenvalue weighted by atomic mass is 10.0. The minimum atomic E-state index is 0.0323. The quantitative estimate of drug-likeness (QED) is 0.358. The van der Waals surface area contributed by atoms with Crippen LogP contribution < -0.4 is 11.1 Å². The van der Waals surface area contributed by atoms with Crippen LogP contribution in [0.4, 0.5) is 5.82 Å². The number of pyridine rings is 2. The normalized spacial score (nSPS) is 19.4. The Morgan fingerprint density at radius 2 is 1.92 bits per heavy atom. The van der Waals surface area contributed by atoms with E-state index in [1.165, 1.54) is 35.6 Å². The van der Waals surface area contributed by atoms with Crippen LogP contribution in [0.2, 0.25) is 0 Å². The van der Waals surface area contributed by atoms with E-state index in [0.717, 1.165) is 67.0 Å². The van der Waals surface area contributed by atoms with Crippen LogP contribution in [0.25, 0.3) is 28.2 Å². The van der Waals surface area contributed by atoms with Crippen LogP contribution in [-0.4, -0.2) is 49.5 Å². The lowest BCUT2D eigenvalue weighted by Crippen LogP contribution is -2.45. The van der Waals surface area contributed by atoms with E-state index in [9.17, 15) is 4.79 Å². The number of likely N-dealkylation sites (tertiary alicyclic amines) is 1. The number of imidazole rings is 1. The number of anilines is 1. The summed E-state index contributed by atoms with van der Waals surface area (Å²) in [5.74, 6) is 1.87. The number of fused-ring (bicyclic) bond motifs is 2. The number of piperidine rings is 1. The Kier molecular flexibility index (Phi) is 5.92. The number of nitrogens with two attached hydrogens (primary N) is 1. The van der Waals surface area contributed by atoms with Crippen molar-refractivity contribution < 1.29 is 4.79 Å². The van der Waals surface area contributed by atoms with Gasteiger partial charge >= 0.3 is 0 Å². The summed E-state index contributed by atoms with van der Waals surface area (Å²) in [7, 11) is 0. The molecular weight excluding hydrogens is 486 g/mol. The van der Waals surface area contributed by atoms with Crippen LogP contribution in [0.1, 0.15) is 60.8 Å². The number of hydrogen-bond acceptors (Lipinski definition) is 6. The Hall–Kier alpha value is -4.04. The number of amides is 1. The number of carbonyl (C=O) groups excluding carboxylic acids is 1. The first kappa shape index (κ1) is 24.0. The molecule has 1 saturated heterocycles. The minimum Gasteiger partial charge on any atom is -0.383 e. The molecule has 0 bridgehead atoms. The second kappa shape index (κ2) is 9.61. The van der Waals surface area contributed by atoms with Crippen LogP contribution in [0.15, 0.2) is 61.4 Å². The molecule has 0 spiro atoms. The molecule has 3 N–H and O–H groups in total. The fourth-order valence-electron chi connectivity index (χ4n) is 6.25. The molecule has 198 valence electrons. The summed E-state index contributed by atoms with van der Waals surface area (Å²) < 4.78 is 2.13. The van der Waals surface area contributed by atoms with Gasteiger partial charge in [-0.3, -0.25) is 9.36 Å². The van der Waals surface area contributed by atoms with Crippen molar-refractivity contribution in [1.82, 2.24) is 29.7 Å². The number of benzene rings is 1. The number of rotatable bonds is 6. The van der Waals surface area contributed by atoms with Gasteiger partial charge in [0, 0.05) is 43.3 Å². The Bertz CT molecular complexity index is 1580. The molecule has 8 nitrogen and oxygen atoms in total. The van der Waals surface area contributed by atoms with Crippen molar-refractivity contribution in [2.75, 3.05) is 18.8 Å². The number of nitrogens with one attached hydrogen (secondary N) is 1. The first-order chi connectivity index (χ1) is 19.1. The summed E-state index contributed by atoms with van der Waals surface area (Å²) in [6.07, 6.45) is 11.6. The molecule has 1 atom stereocenters. The van der Waals surface area contributed by atoms with Gasteiger partial charge in [0.1, 0.15) is 11.3 Å². The fourth-order valence-corrected chi connectivity index (χ4v) is 6.25. The Labute approximate surface area is 228 Å². The molecule has 1 saturated carbocycles. The lowest BCUT2D eigenvalue weighted by molar-refractivity contribution is -0.127. The Morgan fingerprint density at radius 1 is 1.08 bits per heavy atom. The van der Waals surface area contributed by atoms with Gasteiger partial charge in [-0.2, -0.15) is 0 Å². The van der Waals surface area contributed by atoms with E-state index in [2.05, 4.69) is 45.7 Å². The van der Waals surface area contributed by atoms with Crippen LogP contribution >= 0.6 is 0 Å². The molecule has 4 aromatic rings. The molecule has 2 fully saturated rings. The van der Waals surface area contributed by atoms with Crippen LogP contribution in [0.5, 0.6) is 0 Å². The molecule has 3 aromatic heterocycles. The van der Waals surface area contributed by atoms with Crippen molar-refractivity contribution in [2.45, 2.75) is 56.5 Å². The Balaban J connectivity index is 1.20. The van der Waals surface area contributed by atoms with E-state index in [-0.39, 0.29) is 5.91 Å². The number of nitrogens with zero attached hydrogens (tertiary/aromatic N) is 5. The lowest BCUT2D eigenvalue weighted by Gasteiger charge is -2.33. The summed E-state index contributed by atoms with van der Waals surface area (Å²) in [6.45, 7) is 5.18. The highest BCUT2D eigenvalue weighted by Crippen LogP contribution is 2.41. The third-order valence-electron chi connectivity index (χ3n) is 8.53. The van der Waals surface area contributed by atoms with Gasteiger partial charge in [-0.1, -0.05) is 12.6 Å². The van der Waals surface area contributed by atoms with Gasteiger partial charge < -0.3 is 16.0 Å². The highest BCUT2D eigenvalue weighted by molar-refractivity contribution is 5.87. The predicted molar refractivity (Wildman–Crippen MR) is 152 cm³/mol. The van der Waals surface area contributed by atoms with Gasteiger partial charge in [0.15, 0.2) is 11.5 Å². The topological polar surface area (TPSA) is 102 Å². The van der Waals surface area contributed by atoms with E-state index in [4.69, 9.17) is 15.7 Å². The highest BCUT2D eigenvalue weighted by atomic mass is 16.2. The number of hydrogen-bond donors (Lipinski definition) is 2. The molecule has 2 aliphatic carbocycles. The first-order valence-electron chi connectivity index (χ1n) is 14.0. The number of aromatic nitrogens is 4. The average Bonchev–Trinajstić information content (AvgIpc) is 3.65. The SMILES string of the molecule is C=CC(=O)N1CCC(N[C@H]2CCc3cc(-n4c(-c5cccnc5N)nc5cc(C6CC6)cnc54)ccc32)CC1. The standard InChI is InChI=1S/C31H33N7O/c1-2-28(39)37-14-11-22(12-15-37)35-26-10-7-20-16-23(8-9-24(20)26)38-30(25-4-3-13-33-29(25)32)36-27-17-21(19-5-6-19)18-34-31(27)38/h2-4,8-9,13,16-19,22,26,35H,1,5-7,10-12,14-15H2,(H2,32,33)/t26-/m0/s1. The number of nitrogen functional groups attached to an aromatic ring is 1. The molecule has 1 aromatic carbocycles.